The molecule has 0 bridgehead atoms. The first kappa shape index (κ1) is 66.1. The Morgan fingerprint density at radius 3 is 1.03 bits per heavy atom. The SMILES string of the molecule is Cc1ccc(-c2cccc3ccccc23)cc1.Cc1ccc2ccccc2c1.Cc1cccc(-c2cccc3ccccc23)c1.Cc1cccc2ccccc12.Cc1ccccc1-c1cccc2ccccc12.Cc1ccccc1-c1ccccc1-c1cccc(-c2ccccc2)c1. The summed E-state index contributed by atoms with van der Waals surface area (Å²) in [6.45, 7) is 12.8. The second-order valence-corrected chi connectivity index (χ2v) is 25.1. The number of rotatable bonds is 6. The molecular weight excluding hydrogens is 1180 g/mol. The van der Waals surface area contributed by atoms with Crippen molar-refractivity contribution >= 4 is 53.9 Å². The number of aryl methyl sites for hydroxylation is 6. The van der Waals surface area contributed by atoms with E-state index in [0.717, 1.165) is 0 Å². The maximum atomic E-state index is 2.28. The fourth-order valence-electron chi connectivity index (χ4n) is 12.9. The first-order valence-corrected chi connectivity index (χ1v) is 34.0. The van der Waals surface area contributed by atoms with Gasteiger partial charge in [0.2, 0.25) is 0 Å². The summed E-state index contributed by atoms with van der Waals surface area (Å²) in [6, 6.07) is 137. The van der Waals surface area contributed by atoms with Gasteiger partial charge in [-0.3, -0.25) is 0 Å². The van der Waals surface area contributed by atoms with Gasteiger partial charge < -0.3 is 0 Å². The van der Waals surface area contributed by atoms with Crippen molar-refractivity contribution in [3.63, 3.8) is 0 Å². The van der Waals surface area contributed by atoms with Crippen molar-refractivity contribution in [1.82, 2.24) is 0 Å². The molecule has 0 heterocycles. The van der Waals surface area contributed by atoms with Gasteiger partial charge in [-0.15, -0.1) is 0 Å². The van der Waals surface area contributed by atoms with E-state index >= 15 is 0 Å². The Hall–Kier alpha value is -12.0. The van der Waals surface area contributed by atoms with Gasteiger partial charge in [-0.1, -0.05) is 399 Å². The normalized spacial score (nSPS) is 10.6. The number of hydrogen-bond donors (Lipinski definition) is 0. The molecule has 0 saturated carbocycles. The summed E-state index contributed by atoms with van der Waals surface area (Å²) < 4.78 is 0. The van der Waals surface area contributed by atoms with E-state index in [1.54, 1.807) is 0 Å². The van der Waals surface area contributed by atoms with Crippen LogP contribution >= 0.6 is 0 Å². The molecule has 474 valence electrons. The minimum Gasteiger partial charge on any atom is -0.0622 e. The molecule has 0 unspecified atom stereocenters. The average molecular weight is 1260 g/mol. The molecule has 0 aromatic heterocycles. The predicted molar refractivity (Wildman–Crippen MR) is 427 cm³/mol. The highest BCUT2D eigenvalue weighted by molar-refractivity contribution is 5.99. The molecule has 0 radical (unpaired) electrons. The van der Waals surface area contributed by atoms with E-state index in [1.807, 2.05) is 0 Å². The van der Waals surface area contributed by atoms with Crippen LogP contribution in [0.5, 0.6) is 0 Å². The van der Waals surface area contributed by atoms with Crippen molar-refractivity contribution in [3.8, 4) is 66.8 Å². The second kappa shape index (κ2) is 32.5. The topological polar surface area (TPSA) is 0 Å². The maximum Gasteiger partial charge on any atom is -0.0103 e. The van der Waals surface area contributed by atoms with Gasteiger partial charge in [0.15, 0.2) is 0 Å². The third-order valence-electron chi connectivity index (χ3n) is 18.1. The second-order valence-electron chi connectivity index (χ2n) is 25.1. The van der Waals surface area contributed by atoms with Gasteiger partial charge in [0.1, 0.15) is 0 Å². The van der Waals surface area contributed by atoms with E-state index in [1.165, 1.54) is 154 Å². The van der Waals surface area contributed by atoms with Crippen LogP contribution in [0.25, 0.3) is 121 Å². The van der Waals surface area contributed by atoms with Crippen molar-refractivity contribution in [1.29, 1.82) is 0 Å². The van der Waals surface area contributed by atoms with E-state index in [0.29, 0.717) is 0 Å². The summed E-state index contributed by atoms with van der Waals surface area (Å²) in [7, 11) is 0. The van der Waals surface area contributed by atoms with Crippen LogP contribution in [0.2, 0.25) is 0 Å². The molecule has 0 heteroatoms. The van der Waals surface area contributed by atoms with E-state index in [2.05, 4.69) is 430 Å². The smallest absolute Gasteiger partial charge is 0.0103 e. The van der Waals surface area contributed by atoms with E-state index < -0.39 is 0 Å². The van der Waals surface area contributed by atoms with Crippen LogP contribution in [0, 0.1) is 41.5 Å². The molecule has 0 aliphatic carbocycles. The Bertz CT molecular complexity index is 5430. The highest BCUT2D eigenvalue weighted by Crippen LogP contribution is 2.37. The van der Waals surface area contributed by atoms with Crippen molar-refractivity contribution in [2.75, 3.05) is 0 Å². The molecule has 0 saturated heterocycles. The molecule has 0 fully saturated rings. The fourth-order valence-corrected chi connectivity index (χ4v) is 12.9. The minimum atomic E-state index is 1.25. The van der Waals surface area contributed by atoms with E-state index in [-0.39, 0.29) is 0 Å². The molecule has 0 aliphatic rings. The largest absolute Gasteiger partial charge is 0.0622 e. The lowest BCUT2D eigenvalue weighted by Gasteiger charge is -2.13. The molecule has 0 spiro atoms. The van der Waals surface area contributed by atoms with Gasteiger partial charge in [0.05, 0.1) is 0 Å². The monoisotopic (exact) mass is 1260 g/mol. The molecule has 0 amide bonds. The molecule has 0 aliphatic heterocycles. The summed E-state index contributed by atoms with van der Waals surface area (Å²) in [5.74, 6) is 0. The van der Waals surface area contributed by atoms with E-state index in [4.69, 9.17) is 0 Å². The maximum absolute atomic E-state index is 2.28. The Morgan fingerprint density at radius 2 is 0.469 bits per heavy atom. The van der Waals surface area contributed by atoms with Crippen LogP contribution in [0.3, 0.4) is 0 Å². The number of hydrogen-bond acceptors (Lipinski definition) is 0. The van der Waals surface area contributed by atoms with Crippen LogP contribution in [-0.2, 0) is 0 Å². The van der Waals surface area contributed by atoms with Gasteiger partial charge in [0, 0.05) is 0 Å². The molecular formula is C98H82. The molecule has 98 heavy (non-hydrogen) atoms. The highest BCUT2D eigenvalue weighted by Gasteiger charge is 2.11. The van der Waals surface area contributed by atoms with Gasteiger partial charge in [-0.05, 0) is 185 Å². The Balaban J connectivity index is 0.000000114. The van der Waals surface area contributed by atoms with Crippen molar-refractivity contribution < 1.29 is 0 Å². The van der Waals surface area contributed by atoms with Crippen LogP contribution in [-0.4, -0.2) is 0 Å². The minimum absolute atomic E-state index is 1.25. The van der Waals surface area contributed by atoms with Crippen molar-refractivity contribution in [2.24, 2.45) is 0 Å². The summed E-state index contributed by atoms with van der Waals surface area (Å²) in [4.78, 5) is 0. The van der Waals surface area contributed by atoms with Crippen LogP contribution < -0.4 is 0 Å². The van der Waals surface area contributed by atoms with Gasteiger partial charge >= 0.3 is 0 Å². The lowest BCUT2D eigenvalue weighted by molar-refractivity contribution is 1.45. The molecule has 17 rings (SSSR count). The summed E-state index contributed by atoms with van der Waals surface area (Å²) in [6.07, 6.45) is 0. The first-order chi connectivity index (χ1) is 48.1. The quantitative estimate of drug-likeness (QED) is 0.156. The lowest BCUT2D eigenvalue weighted by Crippen LogP contribution is -1.88. The van der Waals surface area contributed by atoms with Gasteiger partial charge in [-0.2, -0.15) is 0 Å². The van der Waals surface area contributed by atoms with E-state index in [9.17, 15) is 0 Å². The fraction of sp³-hybridized carbons (Fsp3) is 0.0612. The summed E-state index contributed by atoms with van der Waals surface area (Å²) in [5.41, 5.74) is 23.3. The third-order valence-corrected chi connectivity index (χ3v) is 18.1. The summed E-state index contributed by atoms with van der Waals surface area (Å²) >= 11 is 0. The predicted octanol–water partition coefficient (Wildman–Crippen LogP) is 27.7. The lowest BCUT2D eigenvalue weighted by atomic mass is 9.91. The van der Waals surface area contributed by atoms with Crippen molar-refractivity contribution in [3.05, 3.63) is 422 Å². The van der Waals surface area contributed by atoms with Crippen LogP contribution in [0.1, 0.15) is 33.4 Å². The Labute approximate surface area is 580 Å². The zero-order chi connectivity index (χ0) is 67.4. The molecule has 0 N–H and O–H groups in total. The Morgan fingerprint density at radius 1 is 0.133 bits per heavy atom. The number of benzene rings is 17. The third kappa shape index (κ3) is 16.6. The molecule has 17 aromatic carbocycles. The first-order valence-electron chi connectivity index (χ1n) is 34.0. The van der Waals surface area contributed by atoms with Gasteiger partial charge in [0.25, 0.3) is 0 Å². The van der Waals surface area contributed by atoms with Gasteiger partial charge in [-0.25, -0.2) is 0 Å². The van der Waals surface area contributed by atoms with Crippen LogP contribution in [0.4, 0.5) is 0 Å². The standard InChI is InChI=1S/C25H20.3C17H14.2C11H10/c1-19-10-5-6-15-23(19)25-17-8-7-16-24(25)22-14-9-13-21(18-22)20-11-3-2-4-12-20;1-13-7-2-4-10-15(13)17-12-6-9-14-8-3-5-11-16(14)17;1-13-6-4-9-15(12-13)17-11-5-8-14-7-2-3-10-16(14)17;1-13-9-11-15(12-10-13)17-8-4-6-14-5-2-3-7-16(14)17;1-9-5-4-7-10-6-2-3-8-11(9)10;1-9-6-7-10-4-2-3-5-11(10)8-9/h2-18H,1H3;3*2-12H,1H3;2*2-8H,1H3. The van der Waals surface area contributed by atoms with Crippen molar-refractivity contribution in [2.45, 2.75) is 41.5 Å². The van der Waals surface area contributed by atoms with Crippen LogP contribution in [0.15, 0.2) is 388 Å². The average Bonchev–Trinajstić information content (AvgIpc) is 0.858. The number of fused-ring (bicyclic) bond motifs is 5. The molecule has 0 nitrogen and oxygen atoms in total. The zero-order valence-electron chi connectivity index (χ0n) is 57.0. The molecule has 0 atom stereocenters. The summed E-state index contributed by atoms with van der Waals surface area (Å²) in [5, 5.41) is 13.2. The molecule has 17 aromatic rings. The Kier molecular flexibility index (Phi) is 21.9. The highest BCUT2D eigenvalue weighted by atomic mass is 14.2. The zero-order valence-corrected chi connectivity index (χ0v) is 57.0.